The van der Waals surface area contributed by atoms with E-state index in [1.165, 1.54) is 0 Å². The Morgan fingerprint density at radius 1 is 1.15 bits per heavy atom. The zero-order valence-corrected chi connectivity index (χ0v) is 13.5. The van der Waals surface area contributed by atoms with Gasteiger partial charge < -0.3 is 5.73 Å². The second-order valence-corrected chi connectivity index (χ2v) is 7.47. The molecule has 0 atom stereocenters. The summed E-state index contributed by atoms with van der Waals surface area (Å²) in [5.74, 6) is -0.00764. The van der Waals surface area contributed by atoms with Crippen LogP contribution in [0, 0.1) is 6.92 Å². The predicted molar refractivity (Wildman–Crippen MR) is 84.1 cm³/mol. The molecular formula is C15H16BrNO2S. The van der Waals surface area contributed by atoms with Gasteiger partial charge in [-0.2, -0.15) is 0 Å². The molecule has 0 saturated carbocycles. The highest BCUT2D eigenvalue weighted by Crippen LogP contribution is 2.25. The molecule has 2 N–H and O–H groups in total. The highest BCUT2D eigenvalue weighted by atomic mass is 79.9. The number of hydrogen-bond donors (Lipinski definition) is 1. The minimum Gasteiger partial charge on any atom is -0.326 e. The van der Waals surface area contributed by atoms with Crippen molar-refractivity contribution in [2.45, 2.75) is 24.1 Å². The molecule has 0 radical (unpaired) electrons. The number of hydrogen-bond acceptors (Lipinski definition) is 3. The van der Waals surface area contributed by atoms with Crippen molar-refractivity contribution in [1.29, 1.82) is 0 Å². The molecular weight excluding hydrogens is 338 g/mol. The molecule has 0 heterocycles. The average Bonchev–Trinajstić information content (AvgIpc) is 2.41. The second-order valence-electron chi connectivity index (χ2n) is 4.65. The number of nitrogens with two attached hydrogens (primary N) is 1. The molecule has 0 spiro atoms. The van der Waals surface area contributed by atoms with Crippen molar-refractivity contribution in [3.63, 3.8) is 0 Å². The first-order valence-electron chi connectivity index (χ1n) is 6.20. The van der Waals surface area contributed by atoms with Crippen LogP contribution in [0.4, 0.5) is 0 Å². The zero-order chi connectivity index (χ0) is 14.8. The Balaban J connectivity index is 2.36. The van der Waals surface area contributed by atoms with Crippen LogP contribution in [0.5, 0.6) is 0 Å². The van der Waals surface area contributed by atoms with E-state index in [1.807, 2.05) is 25.1 Å². The van der Waals surface area contributed by atoms with Crippen LogP contribution in [-0.2, 0) is 22.1 Å². The van der Waals surface area contributed by atoms with Gasteiger partial charge in [0.25, 0.3) is 0 Å². The fourth-order valence-electron chi connectivity index (χ4n) is 2.03. The van der Waals surface area contributed by atoms with Crippen LogP contribution in [0.2, 0.25) is 0 Å². The summed E-state index contributed by atoms with van der Waals surface area (Å²) in [5, 5.41) is 0. The van der Waals surface area contributed by atoms with Crippen molar-refractivity contribution in [3.05, 3.63) is 63.6 Å². The molecule has 20 heavy (non-hydrogen) atoms. The Morgan fingerprint density at radius 2 is 1.85 bits per heavy atom. The quantitative estimate of drug-likeness (QED) is 0.917. The lowest BCUT2D eigenvalue weighted by Crippen LogP contribution is -2.07. The molecule has 0 aromatic heterocycles. The van der Waals surface area contributed by atoms with E-state index >= 15 is 0 Å². The first-order chi connectivity index (χ1) is 9.44. The molecule has 0 bridgehead atoms. The summed E-state index contributed by atoms with van der Waals surface area (Å²) < 4.78 is 25.5. The van der Waals surface area contributed by atoms with Crippen molar-refractivity contribution in [2.75, 3.05) is 0 Å². The first-order valence-corrected chi connectivity index (χ1v) is 8.64. The minimum atomic E-state index is -3.36. The van der Waals surface area contributed by atoms with Crippen LogP contribution in [-0.4, -0.2) is 8.42 Å². The van der Waals surface area contributed by atoms with Gasteiger partial charge in [0.05, 0.1) is 10.6 Å². The molecule has 0 aliphatic carbocycles. The van der Waals surface area contributed by atoms with E-state index in [0.29, 0.717) is 15.9 Å². The summed E-state index contributed by atoms with van der Waals surface area (Å²) in [5.41, 5.74) is 8.34. The van der Waals surface area contributed by atoms with Gasteiger partial charge in [0, 0.05) is 11.0 Å². The van der Waals surface area contributed by atoms with E-state index in [0.717, 1.165) is 16.7 Å². The minimum absolute atomic E-state index is 0.00764. The van der Waals surface area contributed by atoms with Crippen molar-refractivity contribution < 1.29 is 8.42 Å². The van der Waals surface area contributed by atoms with E-state index < -0.39 is 9.84 Å². The van der Waals surface area contributed by atoms with Crippen molar-refractivity contribution >= 4 is 25.8 Å². The predicted octanol–water partition coefficient (Wildman–Crippen LogP) is 3.19. The third-order valence-corrected chi connectivity index (χ3v) is 5.83. The maximum absolute atomic E-state index is 12.5. The zero-order valence-electron chi connectivity index (χ0n) is 11.1. The van der Waals surface area contributed by atoms with Crippen LogP contribution >= 0.6 is 15.9 Å². The summed E-state index contributed by atoms with van der Waals surface area (Å²) >= 11 is 3.29. The van der Waals surface area contributed by atoms with Crippen LogP contribution in [0.3, 0.4) is 0 Å². The molecule has 0 aliphatic heterocycles. The normalized spacial score (nSPS) is 11.6. The Labute approximate surface area is 127 Å². The molecule has 2 aromatic rings. The highest BCUT2D eigenvalue weighted by molar-refractivity contribution is 9.10. The fraction of sp³-hybridized carbons (Fsp3) is 0.200. The number of halogens is 1. The van der Waals surface area contributed by atoms with Crippen LogP contribution in [0.1, 0.15) is 16.7 Å². The third kappa shape index (κ3) is 3.29. The molecule has 2 rings (SSSR count). The second kappa shape index (κ2) is 6.08. The molecule has 0 fully saturated rings. The van der Waals surface area contributed by atoms with E-state index in [-0.39, 0.29) is 5.75 Å². The first kappa shape index (κ1) is 15.2. The largest absolute Gasteiger partial charge is 0.326 e. The van der Waals surface area contributed by atoms with E-state index in [1.54, 1.807) is 24.3 Å². The molecule has 5 heteroatoms. The third-order valence-electron chi connectivity index (χ3n) is 3.16. The Hall–Kier alpha value is -1.17. The number of aryl methyl sites for hydroxylation is 1. The van der Waals surface area contributed by atoms with Gasteiger partial charge in [-0.1, -0.05) is 30.3 Å². The van der Waals surface area contributed by atoms with Gasteiger partial charge in [-0.05, 0) is 51.7 Å². The van der Waals surface area contributed by atoms with Gasteiger partial charge in [-0.3, -0.25) is 0 Å². The Morgan fingerprint density at radius 3 is 2.45 bits per heavy atom. The molecule has 0 amide bonds. The Kier molecular flexibility index (Phi) is 4.62. The van der Waals surface area contributed by atoms with E-state index in [4.69, 9.17) is 5.73 Å². The summed E-state index contributed by atoms with van der Waals surface area (Å²) in [7, 11) is -3.36. The van der Waals surface area contributed by atoms with E-state index in [2.05, 4.69) is 15.9 Å². The standard InChI is InChI=1S/C15H16BrNO2S/c1-11-8-12(9-17)6-7-13(11)10-20(18,19)15-5-3-2-4-14(15)16/h2-8H,9-10,17H2,1H3. The SMILES string of the molecule is Cc1cc(CN)ccc1CS(=O)(=O)c1ccccc1Br. The maximum Gasteiger partial charge on any atom is 0.183 e. The number of rotatable bonds is 4. The molecule has 0 unspecified atom stereocenters. The van der Waals surface area contributed by atoms with Crippen molar-refractivity contribution in [2.24, 2.45) is 5.73 Å². The summed E-state index contributed by atoms with van der Waals surface area (Å²) in [4.78, 5) is 0.322. The van der Waals surface area contributed by atoms with Gasteiger partial charge in [0.1, 0.15) is 0 Å². The van der Waals surface area contributed by atoms with Gasteiger partial charge in [0.2, 0.25) is 0 Å². The van der Waals surface area contributed by atoms with Gasteiger partial charge in [-0.25, -0.2) is 8.42 Å². The topological polar surface area (TPSA) is 60.2 Å². The molecule has 0 saturated heterocycles. The van der Waals surface area contributed by atoms with Gasteiger partial charge in [0.15, 0.2) is 9.84 Å². The smallest absolute Gasteiger partial charge is 0.183 e. The summed E-state index contributed by atoms with van der Waals surface area (Å²) in [6.45, 7) is 2.36. The monoisotopic (exact) mass is 353 g/mol. The van der Waals surface area contributed by atoms with E-state index in [9.17, 15) is 8.42 Å². The summed E-state index contributed by atoms with van der Waals surface area (Å²) in [6, 6.07) is 12.5. The maximum atomic E-state index is 12.5. The summed E-state index contributed by atoms with van der Waals surface area (Å²) in [6.07, 6.45) is 0. The van der Waals surface area contributed by atoms with Crippen molar-refractivity contribution in [1.82, 2.24) is 0 Å². The average molecular weight is 354 g/mol. The lowest BCUT2D eigenvalue weighted by atomic mass is 10.1. The molecule has 3 nitrogen and oxygen atoms in total. The molecule has 2 aromatic carbocycles. The molecule has 106 valence electrons. The lowest BCUT2D eigenvalue weighted by Gasteiger charge is -2.10. The Bertz CT molecular complexity index is 726. The van der Waals surface area contributed by atoms with Gasteiger partial charge >= 0.3 is 0 Å². The fourth-order valence-corrected chi connectivity index (χ4v) is 4.59. The number of benzene rings is 2. The van der Waals surface area contributed by atoms with Crippen molar-refractivity contribution in [3.8, 4) is 0 Å². The highest BCUT2D eigenvalue weighted by Gasteiger charge is 2.19. The number of sulfone groups is 1. The van der Waals surface area contributed by atoms with Crippen LogP contribution < -0.4 is 5.73 Å². The van der Waals surface area contributed by atoms with Gasteiger partial charge in [-0.15, -0.1) is 0 Å². The lowest BCUT2D eigenvalue weighted by molar-refractivity contribution is 0.594. The van der Waals surface area contributed by atoms with Crippen LogP contribution in [0.25, 0.3) is 0 Å². The molecule has 0 aliphatic rings. The van der Waals surface area contributed by atoms with Crippen LogP contribution in [0.15, 0.2) is 51.8 Å².